The van der Waals surface area contributed by atoms with Gasteiger partial charge >= 0.3 is 0 Å². The highest BCUT2D eigenvalue weighted by Gasteiger charge is 2.10. The second-order valence-corrected chi connectivity index (χ2v) is 6.70. The summed E-state index contributed by atoms with van der Waals surface area (Å²) in [6.45, 7) is 3.95. The highest BCUT2D eigenvalue weighted by atomic mass is 32.2. The summed E-state index contributed by atoms with van der Waals surface area (Å²) in [5.41, 5.74) is 2.91. The number of nitrogens with zero attached hydrogens (tertiary/aromatic N) is 8. The zero-order chi connectivity index (χ0) is 17.9. The number of aryl methyl sites for hydroxylation is 2. The van der Waals surface area contributed by atoms with Crippen LogP contribution < -0.4 is 0 Å². The van der Waals surface area contributed by atoms with Gasteiger partial charge in [0.15, 0.2) is 11.6 Å². The van der Waals surface area contributed by atoms with Gasteiger partial charge in [0.1, 0.15) is 5.03 Å². The normalized spacial score (nSPS) is 11.0. The molecule has 0 amide bonds. The maximum absolute atomic E-state index is 4.42. The standard InChI is InChI=1S/C17H16N8S/c1-12-10-13(2)24(21-12)15-8-9-17(20-18-15)26-11-16-19-22-23-25(16)14-6-4-3-5-7-14/h3-10H,11H2,1-2H3. The molecule has 0 fully saturated rings. The van der Waals surface area contributed by atoms with Crippen LogP contribution in [-0.2, 0) is 5.75 Å². The van der Waals surface area contributed by atoms with Crippen LogP contribution in [0, 0.1) is 13.8 Å². The second kappa shape index (κ2) is 7.04. The van der Waals surface area contributed by atoms with Gasteiger partial charge in [0.2, 0.25) is 0 Å². The van der Waals surface area contributed by atoms with Crippen molar-refractivity contribution in [2.45, 2.75) is 24.6 Å². The number of tetrazole rings is 1. The Balaban J connectivity index is 1.48. The first kappa shape index (κ1) is 16.4. The molecule has 130 valence electrons. The van der Waals surface area contributed by atoms with Crippen molar-refractivity contribution in [2.75, 3.05) is 0 Å². The lowest BCUT2D eigenvalue weighted by Crippen LogP contribution is -2.04. The van der Waals surface area contributed by atoms with Gasteiger partial charge in [-0.05, 0) is 54.6 Å². The van der Waals surface area contributed by atoms with Crippen molar-refractivity contribution >= 4 is 11.8 Å². The van der Waals surface area contributed by atoms with Crippen LogP contribution >= 0.6 is 11.8 Å². The maximum Gasteiger partial charge on any atom is 0.175 e. The maximum atomic E-state index is 4.42. The van der Waals surface area contributed by atoms with E-state index < -0.39 is 0 Å². The average Bonchev–Trinajstić information content (AvgIpc) is 3.27. The monoisotopic (exact) mass is 364 g/mol. The molecule has 3 heterocycles. The van der Waals surface area contributed by atoms with E-state index in [2.05, 4.69) is 30.8 Å². The van der Waals surface area contributed by atoms with Gasteiger partial charge in [-0.15, -0.1) is 15.3 Å². The highest BCUT2D eigenvalue weighted by Crippen LogP contribution is 2.21. The largest absolute Gasteiger partial charge is 0.218 e. The minimum Gasteiger partial charge on any atom is -0.218 e. The quantitative estimate of drug-likeness (QED) is 0.503. The van der Waals surface area contributed by atoms with Crippen molar-refractivity contribution in [3.05, 3.63) is 65.7 Å². The number of aromatic nitrogens is 8. The first-order valence-electron chi connectivity index (χ1n) is 8.03. The molecule has 0 radical (unpaired) electrons. The molecule has 0 bridgehead atoms. The van der Waals surface area contributed by atoms with Crippen molar-refractivity contribution in [3.8, 4) is 11.5 Å². The molecule has 0 aliphatic heterocycles. The molecule has 0 unspecified atom stereocenters. The summed E-state index contributed by atoms with van der Waals surface area (Å²) in [7, 11) is 0. The van der Waals surface area contributed by atoms with E-state index in [0.29, 0.717) is 11.6 Å². The lowest BCUT2D eigenvalue weighted by atomic mass is 10.3. The van der Waals surface area contributed by atoms with Gasteiger partial charge in [0.05, 0.1) is 17.1 Å². The molecule has 3 aromatic heterocycles. The van der Waals surface area contributed by atoms with Crippen molar-refractivity contribution in [2.24, 2.45) is 0 Å². The molecule has 8 nitrogen and oxygen atoms in total. The molecule has 26 heavy (non-hydrogen) atoms. The highest BCUT2D eigenvalue weighted by molar-refractivity contribution is 7.98. The Morgan fingerprint density at radius 3 is 2.46 bits per heavy atom. The molecular weight excluding hydrogens is 348 g/mol. The average molecular weight is 364 g/mol. The molecule has 0 aliphatic carbocycles. The van der Waals surface area contributed by atoms with Gasteiger partial charge in [-0.25, -0.2) is 4.68 Å². The van der Waals surface area contributed by atoms with Crippen LogP contribution in [0.3, 0.4) is 0 Å². The van der Waals surface area contributed by atoms with Crippen molar-refractivity contribution in [3.63, 3.8) is 0 Å². The van der Waals surface area contributed by atoms with Gasteiger partial charge < -0.3 is 0 Å². The van der Waals surface area contributed by atoms with E-state index in [1.807, 2.05) is 62.4 Å². The first-order chi connectivity index (χ1) is 12.7. The summed E-state index contributed by atoms with van der Waals surface area (Å²) in [5.74, 6) is 2.05. The van der Waals surface area contributed by atoms with Gasteiger partial charge in [-0.3, -0.25) is 0 Å². The van der Waals surface area contributed by atoms with E-state index in [-0.39, 0.29) is 0 Å². The van der Waals surface area contributed by atoms with Gasteiger partial charge in [-0.2, -0.15) is 9.78 Å². The van der Waals surface area contributed by atoms with Crippen LogP contribution in [0.2, 0.25) is 0 Å². The zero-order valence-corrected chi connectivity index (χ0v) is 15.1. The fourth-order valence-electron chi connectivity index (χ4n) is 2.57. The van der Waals surface area contributed by atoms with E-state index in [4.69, 9.17) is 0 Å². The van der Waals surface area contributed by atoms with Crippen molar-refractivity contribution < 1.29 is 0 Å². The van der Waals surface area contributed by atoms with E-state index in [0.717, 1.165) is 27.9 Å². The first-order valence-corrected chi connectivity index (χ1v) is 9.02. The van der Waals surface area contributed by atoms with Crippen LogP contribution in [0.1, 0.15) is 17.2 Å². The predicted molar refractivity (Wildman–Crippen MR) is 97.3 cm³/mol. The summed E-state index contributed by atoms with van der Waals surface area (Å²) in [5, 5.41) is 25.7. The topological polar surface area (TPSA) is 87.2 Å². The Kier molecular flexibility index (Phi) is 4.44. The van der Waals surface area contributed by atoms with Crippen LogP contribution in [0.25, 0.3) is 11.5 Å². The summed E-state index contributed by atoms with van der Waals surface area (Å²) in [6.07, 6.45) is 0. The Morgan fingerprint density at radius 2 is 1.77 bits per heavy atom. The van der Waals surface area contributed by atoms with Crippen molar-refractivity contribution in [1.82, 2.24) is 40.2 Å². The fraction of sp³-hybridized carbons (Fsp3) is 0.176. The molecule has 4 rings (SSSR count). The van der Waals surface area contributed by atoms with Gasteiger partial charge in [-0.1, -0.05) is 30.0 Å². The Labute approximate surface area is 154 Å². The second-order valence-electron chi connectivity index (χ2n) is 5.70. The third-order valence-corrected chi connectivity index (χ3v) is 4.65. The molecule has 1 aromatic carbocycles. The summed E-state index contributed by atoms with van der Waals surface area (Å²) >= 11 is 1.53. The summed E-state index contributed by atoms with van der Waals surface area (Å²) in [6, 6.07) is 15.7. The number of hydrogen-bond donors (Lipinski definition) is 0. The lowest BCUT2D eigenvalue weighted by molar-refractivity contribution is 0.764. The number of thioether (sulfide) groups is 1. The van der Waals surface area contributed by atoms with E-state index in [1.54, 1.807) is 9.36 Å². The molecule has 4 aromatic rings. The van der Waals surface area contributed by atoms with Gasteiger partial charge in [0, 0.05) is 5.69 Å². The van der Waals surface area contributed by atoms with Crippen LogP contribution in [-0.4, -0.2) is 40.2 Å². The molecule has 0 aliphatic rings. The lowest BCUT2D eigenvalue weighted by Gasteiger charge is -2.05. The molecule has 0 atom stereocenters. The Hall–Kier alpha value is -3.07. The van der Waals surface area contributed by atoms with Crippen LogP contribution in [0.15, 0.2) is 53.6 Å². The summed E-state index contributed by atoms with van der Waals surface area (Å²) in [4.78, 5) is 0. The summed E-state index contributed by atoms with van der Waals surface area (Å²) < 4.78 is 3.51. The smallest absolute Gasteiger partial charge is 0.175 e. The minimum atomic E-state index is 0.593. The van der Waals surface area contributed by atoms with Crippen LogP contribution in [0.5, 0.6) is 0 Å². The molecule has 0 saturated carbocycles. The molecule has 0 saturated heterocycles. The number of rotatable bonds is 5. The zero-order valence-electron chi connectivity index (χ0n) is 14.3. The van der Waals surface area contributed by atoms with E-state index in [1.165, 1.54) is 11.8 Å². The van der Waals surface area contributed by atoms with Crippen molar-refractivity contribution in [1.29, 1.82) is 0 Å². The Bertz CT molecular complexity index is 1010. The van der Waals surface area contributed by atoms with Gasteiger partial charge in [0.25, 0.3) is 0 Å². The molecular formula is C17H16N8S. The minimum absolute atomic E-state index is 0.593. The molecule has 9 heteroatoms. The molecule has 0 N–H and O–H groups in total. The van der Waals surface area contributed by atoms with Crippen LogP contribution in [0.4, 0.5) is 0 Å². The third kappa shape index (κ3) is 3.33. The predicted octanol–water partition coefficient (Wildman–Crippen LogP) is 2.55. The number of benzene rings is 1. The fourth-order valence-corrected chi connectivity index (χ4v) is 3.29. The van der Waals surface area contributed by atoms with E-state index >= 15 is 0 Å². The Morgan fingerprint density at radius 1 is 0.923 bits per heavy atom. The number of hydrogen-bond acceptors (Lipinski definition) is 7. The van der Waals surface area contributed by atoms with E-state index in [9.17, 15) is 0 Å². The molecule has 0 spiro atoms. The number of para-hydroxylation sites is 1. The SMILES string of the molecule is Cc1cc(C)n(-c2ccc(SCc3nnnn3-c3ccccc3)nn2)n1. The third-order valence-electron chi connectivity index (χ3n) is 3.74.